The lowest BCUT2D eigenvalue weighted by Gasteiger charge is -2.07. The standard InChI is InChI=1S/C13H10ClN3O3/c1-8-2-3-10(17(19)20)7-11(8)13(18)16-9-4-5-15-12(14)6-9/h2-7H,1H3,(H,15,16,18). The minimum Gasteiger partial charge on any atom is -0.322 e. The molecular formula is C13H10ClN3O3. The molecule has 0 atom stereocenters. The Bertz CT molecular complexity index is 688. The Hall–Kier alpha value is -2.47. The predicted molar refractivity (Wildman–Crippen MR) is 75.0 cm³/mol. The molecule has 0 aliphatic heterocycles. The fraction of sp³-hybridized carbons (Fsp3) is 0.0769. The molecule has 6 nitrogen and oxygen atoms in total. The first-order chi connectivity index (χ1) is 9.47. The van der Waals surface area contributed by atoms with Crippen LogP contribution in [0.3, 0.4) is 0 Å². The third kappa shape index (κ3) is 3.10. The van der Waals surface area contributed by atoms with Crippen molar-refractivity contribution in [3.8, 4) is 0 Å². The number of nitrogens with zero attached hydrogens (tertiary/aromatic N) is 2. The zero-order valence-electron chi connectivity index (χ0n) is 10.5. The normalized spacial score (nSPS) is 10.1. The molecule has 0 aliphatic carbocycles. The number of halogens is 1. The summed E-state index contributed by atoms with van der Waals surface area (Å²) in [6.07, 6.45) is 1.46. The van der Waals surface area contributed by atoms with E-state index in [0.29, 0.717) is 11.3 Å². The van der Waals surface area contributed by atoms with Crippen LogP contribution in [0, 0.1) is 17.0 Å². The topological polar surface area (TPSA) is 85.1 Å². The zero-order chi connectivity index (χ0) is 14.7. The molecule has 20 heavy (non-hydrogen) atoms. The molecule has 1 aromatic carbocycles. The summed E-state index contributed by atoms with van der Waals surface area (Å²) in [6.45, 7) is 1.71. The van der Waals surface area contributed by atoms with Gasteiger partial charge in [0.15, 0.2) is 0 Å². The molecule has 2 aromatic rings. The lowest BCUT2D eigenvalue weighted by atomic mass is 10.1. The van der Waals surface area contributed by atoms with Crippen LogP contribution in [0.4, 0.5) is 11.4 Å². The number of carbonyl (C=O) groups excluding carboxylic acids is 1. The number of pyridine rings is 1. The van der Waals surface area contributed by atoms with E-state index in [4.69, 9.17) is 11.6 Å². The van der Waals surface area contributed by atoms with Crippen LogP contribution in [-0.2, 0) is 0 Å². The van der Waals surface area contributed by atoms with Crippen molar-refractivity contribution in [3.05, 3.63) is 62.9 Å². The quantitative estimate of drug-likeness (QED) is 0.534. The maximum absolute atomic E-state index is 12.1. The third-order valence-electron chi connectivity index (χ3n) is 2.66. The number of nitrogens with one attached hydrogen (secondary N) is 1. The largest absolute Gasteiger partial charge is 0.322 e. The fourth-order valence-corrected chi connectivity index (χ4v) is 1.82. The number of hydrogen-bond donors (Lipinski definition) is 1. The molecule has 0 unspecified atom stereocenters. The first-order valence-corrected chi connectivity index (χ1v) is 6.03. The summed E-state index contributed by atoms with van der Waals surface area (Å²) in [6, 6.07) is 7.21. The van der Waals surface area contributed by atoms with Gasteiger partial charge in [0.05, 0.1) is 4.92 Å². The van der Waals surface area contributed by atoms with Crippen molar-refractivity contribution in [2.45, 2.75) is 6.92 Å². The van der Waals surface area contributed by atoms with Crippen LogP contribution >= 0.6 is 11.6 Å². The van der Waals surface area contributed by atoms with Gasteiger partial charge in [-0.15, -0.1) is 0 Å². The van der Waals surface area contributed by atoms with Gasteiger partial charge in [-0.1, -0.05) is 17.7 Å². The van der Waals surface area contributed by atoms with Crippen molar-refractivity contribution in [1.82, 2.24) is 4.98 Å². The molecule has 0 fully saturated rings. The Labute approximate surface area is 119 Å². The molecule has 0 aliphatic rings. The minimum absolute atomic E-state index is 0.131. The number of hydrogen-bond acceptors (Lipinski definition) is 4. The number of rotatable bonds is 3. The Balaban J connectivity index is 2.29. The van der Waals surface area contributed by atoms with E-state index >= 15 is 0 Å². The van der Waals surface area contributed by atoms with E-state index in [2.05, 4.69) is 10.3 Å². The number of nitro benzene ring substituents is 1. The summed E-state index contributed by atoms with van der Waals surface area (Å²) in [5.74, 6) is -0.437. The zero-order valence-corrected chi connectivity index (χ0v) is 11.2. The van der Waals surface area contributed by atoms with Crippen LogP contribution in [0.25, 0.3) is 0 Å². The van der Waals surface area contributed by atoms with E-state index in [9.17, 15) is 14.9 Å². The van der Waals surface area contributed by atoms with Crippen molar-refractivity contribution in [2.24, 2.45) is 0 Å². The third-order valence-corrected chi connectivity index (χ3v) is 2.87. The molecule has 7 heteroatoms. The smallest absolute Gasteiger partial charge is 0.270 e. The SMILES string of the molecule is Cc1ccc([N+](=O)[O-])cc1C(=O)Nc1ccnc(Cl)c1. The maximum Gasteiger partial charge on any atom is 0.270 e. The number of aromatic nitrogens is 1. The molecule has 0 saturated carbocycles. The van der Waals surface area contributed by atoms with Gasteiger partial charge in [0.2, 0.25) is 0 Å². The van der Waals surface area contributed by atoms with Gasteiger partial charge < -0.3 is 5.32 Å². The Kier molecular flexibility index (Phi) is 3.95. The van der Waals surface area contributed by atoms with Crippen molar-refractivity contribution >= 4 is 28.9 Å². The molecule has 2 rings (SSSR count). The minimum atomic E-state index is -0.542. The summed E-state index contributed by atoms with van der Waals surface area (Å²) in [5, 5.41) is 13.6. The van der Waals surface area contributed by atoms with E-state index in [0.717, 1.165) is 0 Å². The molecule has 1 N–H and O–H groups in total. The van der Waals surface area contributed by atoms with E-state index in [1.165, 1.54) is 30.5 Å². The maximum atomic E-state index is 12.1. The van der Waals surface area contributed by atoms with Crippen molar-refractivity contribution in [2.75, 3.05) is 5.32 Å². The van der Waals surface area contributed by atoms with E-state index in [-0.39, 0.29) is 16.4 Å². The van der Waals surface area contributed by atoms with Gasteiger partial charge in [-0.05, 0) is 24.6 Å². The van der Waals surface area contributed by atoms with Crippen LogP contribution in [0.1, 0.15) is 15.9 Å². The summed E-state index contributed by atoms with van der Waals surface area (Å²) >= 11 is 5.72. The van der Waals surface area contributed by atoms with Gasteiger partial charge in [0, 0.05) is 29.6 Å². The van der Waals surface area contributed by atoms with Crippen molar-refractivity contribution in [1.29, 1.82) is 0 Å². The van der Waals surface area contributed by atoms with Gasteiger partial charge in [0.1, 0.15) is 5.15 Å². The molecule has 1 aromatic heterocycles. The number of carbonyl (C=O) groups is 1. The Morgan fingerprint density at radius 1 is 1.35 bits per heavy atom. The first kappa shape index (κ1) is 14.0. The summed E-state index contributed by atoms with van der Waals surface area (Å²) in [7, 11) is 0. The molecule has 0 spiro atoms. The van der Waals surface area contributed by atoms with E-state index < -0.39 is 10.8 Å². The highest BCUT2D eigenvalue weighted by atomic mass is 35.5. The average molecular weight is 292 g/mol. The molecule has 102 valence electrons. The van der Waals surface area contributed by atoms with Gasteiger partial charge in [0.25, 0.3) is 11.6 Å². The molecule has 1 heterocycles. The fourth-order valence-electron chi connectivity index (χ4n) is 1.65. The summed E-state index contributed by atoms with van der Waals surface area (Å²) in [5.41, 5.74) is 1.23. The van der Waals surface area contributed by atoms with Gasteiger partial charge in [-0.3, -0.25) is 14.9 Å². The Morgan fingerprint density at radius 3 is 2.75 bits per heavy atom. The lowest BCUT2D eigenvalue weighted by molar-refractivity contribution is -0.384. The van der Waals surface area contributed by atoms with E-state index in [1.807, 2.05) is 0 Å². The lowest BCUT2D eigenvalue weighted by Crippen LogP contribution is -2.13. The number of non-ortho nitro benzene ring substituents is 1. The first-order valence-electron chi connectivity index (χ1n) is 5.65. The number of amides is 1. The van der Waals surface area contributed by atoms with E-state index in [1.54, 1.807) is 13.0 Å². The highest BCUT2D eigenvalue weighted by Crippen LogP contribution is 2.19. The van der Waals surface area contributed by atoms with Crippen molar-refractivity contribution < 1.29 is 9.72 Å². The Morgan fingerprint density at radius 2 is 2.10 bits per heavy atom. The summed E-state index contributed by atoms with van der Waals surface area (Å²) in [4.78, 5) is 26.1. The van der Waals surface area contributed by atoms with Crippen LogP contribution in [-0.4, -0.2) is 15.8 Å². The number of nitro groups is 1. The number of anilines is 1. The van der Waals surface area contributed by atoms with Crippen LogP contribution in [0.5, 0.6) is 0 Å². The van der Waals surface area contributed by atoms with Crippen LogP contribution in [0.15, 0.2) is 36.5 Å². The highest BCUT2D eigenvalue weighted by Gasteiger charge is 2.14. The second-order valence-corrected chi connectivity index (χ2v) is 4.46. The van der Waals surface area contributed by atoms with Gasteiger partial charge in [-0.2, -0.15) is 0 Å². The van der Waals surface area contributed by atoms with Crippen LogP contribution < -0.4 is 5.32 Å². The van der Waals surface area contributed by atoms with Gasteiger partial charge in [-0.25, -0.2) is 4.98 Å². The van der Waals surface area contributed by atoms with Gasteiger partial charge >= 0.3 is 0 Å². The summed E-state index contributed by atoms with van der Waals surface area (Å²) < 4.78 is 0. The number of benzene rings is 1. The second-order valence-electron chi connectivity index (χ2n) is 4.08. The monoisotopic (exact) mass is 291 g/mol. The number of aryl methyl sites for hydroxylation is 1. The molecule has 0 radical (unpaired) electrons. The molecule has 0 bridgehead atoms. The molecular weight excluding hydrogens is 282 g/mol. The van der Waals surface area contributed by atoms with Crippen molar-refractivity contribution in [3.63, 3.8) is 0 Å². The molecule has 0 saturated heterocycles. The molecule has 1 amide bonds. The second kappa shape index (κ2) is 5.66. The predicted octanol–water partition coefficient (Wildman–Crippen LogP) is 3.20. The van der Waals surface area contributed by atoms with Crippen LogP contribution in [0.2, 0.25) is 5.15 Å². The average Bonchev–Trinajstić information content (AvgIpc) is 2.38. The highest BCUT2D eigenvalue weighted by molar-refractivity contribution is 6.29.